The first-order valence-corrected chi connectivity index (χ1v) is 9.84. The zero-order valence-corrected chi connectivity index (χ0v) is 17.1. The van der Waals surface area contributed by atoms with E-state index >= 15 is 0 Å². The van der Waals surface area contributed by atoms with Crippen molar-refractivity contribution in [1.82, 2.24) is 4.31 Å². The van der Waals surface area contributed by atoms with Gasteiger partial charge in [-0.25, -0.2) is 12.7 Å². The maximum absolute atomic E-state index is 12.2. The quantitative estimate of drug-likeness (QED) is 0.535. The van der Waals surface area contributed by atoms with Gasteiger partial charge >= 0.3 is 0 Å². The summed E-state index contributed by atoms with van der Waals surface area (Å²) in [4.78, 5) is 0.151. The molecule has 0 unspecified atom stereocenters. The molecule has 0 amide bonds. The van der Waals surface area contributed by atoms with Crippen molar-refractivity contribution in [2.24, 2.45) is 0 Å². The van der Waals surface area contributed by atoms with E-state index in [4.69, 9.17) is 47.0 Å². The third-order valence-corrected chi connectivity index (χ3v) is 6.18. The molecule has 5 nitrogen and oxygen atoms in total. The van der Waals surface area contributed by atoms with Gasteiger partial charge in [0.1, 0.15) is 0 Å². The number of rotatable bonds is 4. The summed E-state index contributed by atoms with van der Waals surface area (Å²) in [6.07, 6.45) is 0. The number of hydrogen-bond acceptors (Lipinski definition) is 3. The molecule has 0 aliphatic carbocycles. The first kappa shape index (κ1) is 20.2. The van der Waals surface area contributed by atoms with E-state index in [9.17, 15) is 8.42 Å². The molecule has 0 saturated heterocycles. The Labute approximate surface area is 166 Å². The van der Waals surface area contributed by atoms with E-state index in [0.29, 0.717) is 26.4 Å². The molecule has 134 valence electrons. The minimum absolute atomic E-state index is 0.151. The molecule has 2 aromatic carbocycles. The molecule has 10 heteroatoms. The van der Waals surface area contributed by atoms with E-state index in [0.717, 1.165) is 4.31 Å². The van der Waals surface area contributed by atoms with E-state index in [1.165, 1.54) is 32.3 Å². The van der Waals surface area contributed by atoms with Gasteiger partial charge in [-0.2, -0.15) is 0 Å². The van der Waals surface area contributed by atoms with Gasteiger partial charge in [-0.15, -0.1) is 0 Å². The Balaban J connectivity index is 2.18. The highest BCUT2D eigenvalue weighted by Gasteiger charge is 2.17. The number of anilines is 2. The lowest BCUT2D eigenvalue weighted by molar-refractivity contribution is 0.521. The van der Waals surface area contributed by atoms with Crippen LogP contribution in [0, 0.1) is 0 Å². The Bertz CT molecular complexity index is 918. The summed E-state index contributed by atoms with van der Waals surface area (Å²) in [5, 5.41) is 7.03. The number of halogens is 3. The van der Waals surface area contributed by atoms with Crippen LogP contribution in [-0.4, -0.2) is 31.9 Å². The molecule has 0 fully saturated rings. The maximum atomic E-state index is 12.2. The van der Waals surface area contributed by atoms with Crippen molar-refractivity contribution < 1.29 is 8.42 Å². The van der Waals surface area contributed by atoms with Gasteiger partial charge in [-0.3, -0.25) is 0 Å². The number of nitrogens with one attached hydrogen (secondary N) is 2. The summed E-state index contributed by atoms with van der Waals surface area (Å²) in [6.45, 7) is 0. The Kier molecular flexibility index (Phi) is 6.53. The van der Waals surface area contributed by atoms with E-state index in [2.05, 4.69) is 10.6 Å². The number of benzene rings is 2. The average Bonchev–Trinajstić information content (AvgIpc) is 2.52. The Morgan fingerprint density at radius 2 is 1.64 bits per heavy atom. The number of nitrogens with zero attached hydrogens (tertiary/aromatic N) is 1. The molecule has 0 aliphatic rings. The van der Waals surface area contributed by atoms with Crippen LogP contribution < -0.4 is 10.6 Å². The minimum Gasteiger partial charge on any atom is -0.332 e. The zero-order chi connectivity index (χ0) is 18.8. The molecule has 0 atom stereocenters. The van der Waals surface area contributed by atoms with Crippen molar-refractivity contribution >= 4 is 73.5 Å². The van der Waals surface area contributed by atoms with Crippen LogP contribution in [0.2, 0.25) is 15.1 Å². The third-order valence-electron chi connectivity index (χ3n) is 3.13. The highest BCUT2D eigenvalue weighted by molar-refractivity contribution is 7.89. The second kappa shape index (κ2) is 8.07. The molecule has 0 saturated carbocycles. The normalized spacial score (nSPS) is 11.4. The van der Waals surface area contributed by atoms with Crippen molar-refractivity contribution in [3.8, 4) is 0 Å². The smallest absolute Gasteiger partial charge is 0.242 e. The van der Waals surface area contributed by atoms with Gasteiger partial charge in [-0.1, -0.05) is 40.9 Å². The lowest BCUT2D eigenvalue weighted by Gasteiger charge is -2.15. The molecule has 0 radical (unpaired) electrons. The summed E-state index contributed by atoms with van der Waals surface area (Å²) in [6, 6.07) is 9.35. The monoisotopic (exact) mass is 437 g/mol. The van der Waals surface area contributed by atoms with Crippen molar-refractivity contribution in [1.29, 1.82) is 0 Å². The average molecular weight is 439 g/mol. The van der Waals surface area contributed by atoms with Crippen LogP contribution in [0.1, 0.15) is 0 Å². The van der Waals surface area contributed by atoms with Crippen LogP contribution in [0.15, 0.2) is 41.3 Å². The second-order valence-corrected chi connectivity index (χ2v) is 8.92. The van der Waals surface area contributed by atoms with Gasteiger partial charge in [0.05, 0.1) is 25.7 Å². The topological polar surface area (TPSA) is 61.4 Å². The van der Waals surface area contributed by atoms with E-state index in [1.54, 1.807) is 18.2 Å². The lowest BCUT2D eigenvalue weighted by atomic mass is 10.3. The lowest BCUT2D eigenvalue weighted by Crippen LogP contribution is -2.23. The highest BCUT2D eigenvalue weighted by atomic mass is 35.5. The SMILES string of the molecule is CN(C)S(=O)(=O)c1cccc(NC(=S)Nc2cc(Cl)c(Cl)cc2Cl)c1. The van der Waals surface area contributed by atoms with E-state index in [1.807, 2.05) is 0 Å². The molecular weight excluding hydrogens is 425 g/mol. The van der Waals surface area contributed by atoms with Gasteiger partial charge in [0.15, 0.2) is 5.11 Å². The van der Waals surface area contributed by atoms with Crippen LogP contribution in [-0.2, 0) is 10.0 Å². The molecule has 0 spiro atoms. The first-order valence-electron chi connectivity index (χ1n) is 6.86. The third kappa shape index (κ3) is 4.97. The molecule has 0 bridgehead atoms. The fraction of sp³-hybridized carbons (Fsp3) is 0.133. The minimum atomic E-state index is -3.53. The van der Waals surface area contributed by atoms with Crippen LogP contribution in [0.4, 0.5) is 11.4 Å². The largest absolute Gasteiger partial charge is 0.332 e. The molecule has 25 heavy (non-hydrogen) atoms. The number of sulfonamides is 1. The Morgan fingerprint density at radius 3 is 2.28 bits per heavy atom. The number of hydrogen-bond donors (Lipinski definition) is 2. The van der Waals surface area contributed by atoms with Gasteiger partial charge in [-0.05, 0) is 42.5 Å². The standard InChI is InChI=1S/C15H14Cl3N3O2S2/c1-21(2)25(22,23)10-5-3-4-9(6-10)19-15(24)20-14-8-12(17)11(16)7-13(14)18/h3-8H,1-2H3,(H2,19,20,24). The second-order valence-electron chi connectivity index (χ2n) is 5.14. The number of thiocarbonyl (C=S) groups is 1. The molecule has 0 aliphatic heterocycles. The van der Waals surface area contributed by atoms with E-state index in [-0.39, 0.29) is 10.0 Å². The highest BCUT2D eigenvalue weighted by Crippen LogP contribution is 2.32. The summed E-state index contributed by atoms with van der Waals surface area (Å²) in [7, 11) is -0.602. The van der Waals surface area contributed by atoms with Crippen molar-refractivity contribution in [3.63, 3.8) is 0 Å². The fourth-order valence-electron chi connectivity index (χ4n) is 1.85. The maximum Gasteiger partial charge on any atom is 0.242 e. The molecule has 2 rings (SSSR count). The first-order chi connectivity index (χ1) is 11.6. The molecular formula is C15H14Cl3N3O2S2. The van der Waals surface area contributed by atoms with Crippen molar-refractivity contribution in [2.75, 3.05) is 24.7 Å². The fourth-order valence-corrected chi connectivity index (χ4v) is 3.62. The summed E-state index contributed by atoms with van der Waals surface area (Å²) < 4.78 is 25.5. The summed E-state index contributed by atoms with van der Waals surface area (Å²) >= 11 is 23.2. The van der Waals surface area contributed by atoms with Crippen molar-refractivity contribution in [3.05, 3.63) is 51.5 Å². The molecule has 2 aromatic rings. The van der Waals surface area contributed by atoms with E-state index < -0.39 is 10.0 Å². The van der Waals surface area contributed by atoms with Crippen LogP contribution in [0.25, 0.3) is 0 Å². The Hall–Kier alpha value is -1.09. The van der Waals surface area contributed by atoms with Crippen LogP contribution >= 0.6 is 47.0 Å². The summed E-state index contributed by atoms with van der Waals surface area (Å²) in [5.41, 5.74) is 0.988. The molecule has 0 heterocycles. The van der Waals surface area contributed by atoms with Gasteiger partial charge in [0.2, 0.25) is 10.0 Å². The van der Waals surface area contributed by atoms with Gasteiger partial charge in [0, 0.05) is 19.8 Å². The predicted molar refractivity (Wildman–Crippen MR) is 109 cm³/mol. The summed E-state index contributed by atoms with van der Waals surface area (Å²) in [5.74, 6) is 0. The van der Waals surface area contributed by atoms with Crippen LogP contribution in [0.5, 0.6) is 0 Å². The van der Waals surface area contributed by atoms with Gasteiger partial charge in [0.25, 0.3) is 0 Å². The Morgan fingerprint density at radius 1 is 1.00 bits per heavy atom. The molecule has 0 aromatic heterocycles. The zero-order valence-electron chi connectivity index (χ0n) is 13.2. The predicted octanol–water partition coefficient (Wildman–Crippen LogP) is 4.71. The van der Waals surface area contributed by atoms with Gasteiger partial charge < -0.3 is 10.6 Å². The molecule has 2 N–H and O–H groups in total. The van der Waals surface area contributed by atoms with Crippen molar-refractivity contribution in [2.45, 2.75) is 4.90 Å². The van der Waals surface area contributed by atoms with Crippen LogP contribution in [0.3, 0.4) is 0 Å².